The molecule has 3 N–H and O–H groups in total. The van der Waals surface area contributed by atoms with Gasteiger partial charge in [-0.25, -0.2) is 4.79 Å². The molecule has 8 heteroatoms. The molecule has 0 atom stereocenters. The molecule has 0 spiro atoms. The second kappa shape index (κ2) is 15.3. The van der Waals surface area contributed by atoms with Gasteiger partial charge in [-0.3, -0.25) is 4.79 Å². The molecule has 0 aromatic rings. The Morgan fingerprint density at radius 2 is 1.62 bits per heavy atom. The first-order chi connectivity index (χ1) is 10.2. The van der Waals surface area contributed by atoms with Crippen molar-refractivity contribution in [3.63, 3.8) is 0 Å². The number of amides is 2. The highest BCUT2D eigenvalue weighted by atomic mass is 35.5. The van der Waals surface area contributed by atoms with Crippen LogP contribution >= 0.6 is 11.6 Å². The fraction of sp³-hybridized carbons (Fsp3) is 0.846. The zero-order valence-corrected chi connectivity index (χ0v) is 13.0. The number of nitrogens with one attached hydrogen (secondary N) is 1. The predicted octanol–water partition coefficient (Wildman–Crippen LogP) is 1.03. The van der Waals surface area contributed by atoms with Crippen molar-refractivity contribution in [2.24, 2.45) is 5.73 Å². The van der Waals surface area contributed by atoms with Crippen LogP contribution in [0.15, 0.2) is 0 Å². The third-order valence-corrected chi connectivity index (χ3v) is 2.73. The molecule has 0 rings (SSSR count). The van der Waals surface area contributed by atoms with E-state index in [9.17, 15) is 9.59 Å². The zero-order chi connectivity index (χ0) is 15.8. The van der Waals surface area contributed by atoms with Gasteiger partial charge in [-0.1, -0.05) is 12.8 Å². The molecule has 0 bridgehead atoms. The van der Waals surface area contributed by atoms with Gasteiger partial charge in [0.05, 0.1) is 19.8 Å². The fourth-order valence-electron chi connectivity index (χ4n) is 1.42. The highest BCUT2D eigenvalue weighted by Crippen LogP contribution is 2.00. The zero-order valence-electron chi connectivity index (χ0n) is 12.3. The monoisotopic (exact) mass is 324 g/mol. The molecule has 0 saturated carbocycles. The Morgan fingerprint density at radius 1 is 0.952 bits per heavy atom. The summed E-state index contributed by atoms with van der Waals surface area (Å²) in [6, 6.07) is 0. The molecule has 21 heavy (non-hydrogen) atoms. The molecule has 7 nitrogen and oxygen atoms in total. The normalized spacial score (nSPS) is 10.3. The smallest absolute Gasteiger partial charge is 0.405 e. The number of carbonyl (C=O) groups is 2. The number of rotatable bonds is 14. The van der Waals surface area contributed by atoms with E-state index >= 15 is 0 Å². The molecular formula is C13H25ClN2O5. The molecule has 0 saturated heterocycles. The van der Waals surface area contributed by atoms with Crippen molar-refractivity contribution in [3.8, 4) is 0 Å². The fourth-order valence-corrected chi connectivity index (χ4v) is 1.61. The number of hydrogen-bond acceptors (Lipinski definition) is 5. The van der Waals surface area contributed by atoms with Crippen LogP contribution < -0.4 is 11.1 Å². The lowest BCUT2D eigenvalue weighted by Gasteiger charge is -2.07. The summed E-state index contributed by atoms with van der Waals surface area (Å²) in [4.78, 5) is 21.4. The third kappa shape index (κ3) is 16.9. The highest BCUT2D eigenvalue weighted by Gasteiger charge is 2.02. The van der Waals surface area contributed by atoms with Crippen molar-refractivity contribution in [2.45, 2.75) is 25.7 Å². The quantitative estimate of drug-likeness (QED) is 0.367. The van der Waals surface area contributed by atoms with Crippen LogP contribution in [-0.4, -0.2) is 57.5 Å². The number of primary amides is 1. The number of carbonyl (C=O) groups excluding carboxylic acids is 2. The summed E-state index contributed by atoms with van der Waals surface area (Å²) in [7, 11) is 0. The molecule has 0 unspecified atom stereocenters. The van der Waals surface area contributed by atoms with E-state index in [-0.39, 0.29) is 6.61 Å². The topological polar surface area (TPSA) is 99.9 Å². The minimum Gasteiger partial charge on any atom is -0.440 e. The van der Waals surface area contributed by atoms with Crippen LogP contribution in [0.1, 0.15) is 25.7 Å². The summed E-state index contributed by atoms with van der Waals surface area (Å²) in [5.41, 5.74) is 4.72. The van der Waals surface area contributed by atoms with Crippen molar-refractivity contribution in [1.29, 1.82) is 0 Å². The molecule has 124 valence electrons. The van der Waals surface area contributed by atoms with Gasteiger partial charge >= 0.3 is 6.09 Å². The molecule has 0 aromatic carbocycles. The van der Waals surface area contributed by atoms with Crippen molar-refractivity contribution >= 4 is 23.6 Å². The summed E-state index contributed by atoms with van der Waals surface area (Å²) < 4.78 is 15.0. The second-order valence-corrected chi connectivity index (χ2v) is 4.66. The predicted molar refractivity (Wildman–Crippen MR) is 79.4 cm³/mol. The van der Waals surface area contributed by atoms with E-state index in [2.05, 4.69) is 10.1 Å². The molecule has 2 amide bonds. The van der Waals surface area contributed by atoms with Crippen LogP contribution in [0.3, 0.4) is 0 Å². The van der Waals surface area contributed by atoms with Gasteiger partial charge in [-0.15, -0.1) is 11.6 Å². The van der Waals surface area contributed by atoms with Crippen molar-refractivity contribution in [2.75, 3.05) is 45.5 Å². The number of ether oxygens (including phenoxy) is 3. The van der Waals surface area contributed by atoms with E-state index in [0.717, 1.165) is 38.2 Å². The summed E-state index contributed by atoms with van der Waals surface area (Å²) in [6.07, 6.45) is 3.39. The van der Waals surface area contributed by atoms with Crippen LogP contribution in [0.4, 0.5) is 4.79 Å². The molecule has 0 aliphatic carbocycles. The van der Waals surface area contributed by atoms with Gasteiger partial charge in [0.15, 0.2) is 6.61 Å². The number of unbranched alkanes of at least 4 members (excludes halogenated alkanes) is 3. The maximum atomic E-state index is 11.1. The minimum absolute atomic E-state index is 0.347. The summed E-state index contributed by atoms with van der Waals surface area (Å²) in [5.74, 6) is 0.311. The number of halogens is 1. The van der Waals surface area contributed by atoms with Gasteiger partial charge in [-0.2, -0.15) is 0 Å². The van der Waals surface area contributed by atoms with Crippen molar-refractivity contribution in [1.82, 2.24) is 5.32 Å². The van der Waals surface area contributed by atoms with Crippen LogP contribution in [0.2, 0.25) is 0 Å². The summed E-state index contributed by atoms with van der Waals surface area (Å²) >= 11 is 5.57. The van der Waals surface area contributed by atoms with E-state index in [1.807, 2.05) is 0 Å². The summed E-state index contributed by atoms with van der Waals surface area (Å²) in [5, 5.41) is 2.52. The average Bonchev–Trinajstić information content (AvgIpc) is 2.46. The molecule has 0 heterocycles. The molecule has 0 fully saturated rings. The average molecular weight is 325 g/mol. The Kier molecular flexibility index (Phi) is 14.6. The van der Waals surface area contributed by atoms with Crippen LogP contribution in [0.25, 0.3) is 0 Å². The van der Waals surface area contributed by atoms with E-state index < -0.39 is 12.0 Å². The third-order valence-electron chi connectivity index (χ3n) is 2.46. The minimum atomic E-state index is -0.971. The lowest BCUT2D eigenvalue weighted by atomic mass is 10.2. The molecule has 0 aliphatic heterocycles. The van der Waals surface area contributed by atoms with Crippen LogP contribution in [-0.2, 0) is 19.0 Å². The Bertz CT molecular complexity index is 279. The number of nitrogens with two attached hydrogens (primary N) is 1. The summed E-state index contributed by atoms with van der Waals surface area (Å²) in [6.45, 7) is 2.10. The SMILES string of the molecule is NC(=O)OCC(=O)NCCOCCOCCCCCCCl. The molecule has 0 aliphatic rings. The number of hydrogen-bond donors (Lipinski definition) is 2. The van der Waals surface area contributed by atoms with E-state index in [0.29, 0.717) is 26.4 Å². The van der Waals surface area contributed by atoms with Gasteiger partial charge in [-0.05, 0) is 12.8 Å². The van der Waals surface area contributed by atoms with Gasteiger partial charge in [0, 0.05) is 19.0 Å². The van der Waals surface area contributed by atoms with E-state index in [1.54, 1.807) is 0 Å². The first-order valence-electron chi connectivity index (χ1n) is 7.07. The van der Waals surface area contributed by atoms with Crippen LogP contribution in [0, 0.1) is 0 Å². The maximum Gasteiger partial charge on any atom is 0.405 e. The number of alkyl halides is 1. The lowest BCUT2D eigenvalue weighted by Crippen LogP contribution is -2.32. The first kappa shape index (κ1) is 19.9. The van der Waals surface area contributed by atoms with Crippen molar-refractivity contribution in [3.05, 3.63) is 0 Å². The second-order valence-electron chi connectivity index (χ2n) is 4.29. The Labute approximate surface area is 130 Å². The molecule has 0 radical (unpaired) electrons. The lowest BCUT2D eigenvalue weighted by molar-refractivity contribution is -0.124. The van der Waals surface area contributed by atoms with Crippen LogP contribution in [0.5, 0.6) is 0 Å². The largest absolute Gasteiger partial charge is 0.440 e. The van der Waals surface area contributed by atoms with Gasteiger partial charge in [0.1, 0.15) is 0 Å². The van der Waals surface area contributed by atoms with Gasteiger partial charge in [0.2, 0.25) is 0 Å². The Hall–Kier alpha value is -1.05. The molecular weight excluding hydrogens is 300 g/mol. The van der Waals surface area contributed by atoms with Crippen molar-refractivity contribution < 1.29 is 23.8 Å². The standard InChI is InChI=1S/C13H25ClN2O5/c14-5-3-1-2-4-7-19-9-10-20-8-6-16-12(17)11-21-13(15)18/h1-11H2,(H2,15,18)(H,16,17). The highest BCUT2D eigenvalue weighted by molar-refractivity contribution is 6.17. The molecule has 0 aromatic heterocycles. The van der Waals surface area contributed by atoms with E-state index in [1.165, 1.54) is 0 Å². The van der Waals surface area contributed by atoms with Gasteiger partial charge < -0.3 is 25.3 Å². The van der Waals surface area contributed by atoms with Gasteiger partial charge in [0.25, 0.3) is 5.91 Å². The first-order valence-corrected chi connectivity index (χ1v) is 7.60. The Balaban J connectivity index is 3.12. The van der Waals surface area contributed by atoms with E-state index in [4.69, 9.17) is 26.8 Å². The maximum absolute atomic E-state index is 11.1. The Morgan fingerprint density at radius 3 is 2.29 bits per heavy atom.